The number of unbranched alkanes of at least 4 members (excludes halogenated alkanes) is 43. The zero-order valence-electron chi connectivity index (χ0n) is 61.3. The van der Waals surface area contributed by atoms with Crippen LogP contribution >= 0.6 is 15.6 Å². The third-order valence-corrected chi connectivity index (χ3v) is 19.7. The summed E-state index contributed by atoms with van der Waals surface area (Å²) in [6.45, 7) is 9.58. The van der Waals surface area contributed by atoms with Crippen molar-refractivity contribution in [3.05, 3.63) is 0 Å². The molecule has 0 rings (SSSR count). The first-order chi connectivity index (χ1) is 45.4. The number of carbonyl (C=O) groups is 4. The summed E-state index contributed by atoms with van der Waals surface area (Å²) in [6.07, 6.45) is 53.9. The van der Waals surface area contributed by atoms with E-state index < -0.39 is 97.5 Å². The lowest BCUT2D eigenvalue weighted by molar-refractivity contribution is -0.161. The Morgan fingerprint density at radius 3 is 0.809 bits per heavy atom. The summed E-state index contributed by atoms with van der Waals surface area (Å²) in [5, 5.41) is 10.6. The zero-order valence-corrected chi connectivity index (χ0v) is 63.1. The van der Waals surface area contributed by atoms with Crippen LogP contribution in [-0.2, 0) is 65.4 Å². The SMILES string of the molecule is CCCCCCCCCCCCCCCCCCC(=O)O[C@H](COC(=O)CCCCCCCCCCCCCCCC)COP(=O)(O)OC[C@@H](O)COP(=O)(O)OC[C@@H](COC(=O)CCCCCCCCCCC(C)CC)OC(=O)CCCCCCCCCCCC(C)C. The van der Waals surface area contributed by atoms with Crippen LogP contribution in [0.25, 0.3) is 0 Å². The highest BCUT2D eigenvalue weighted by molar-refractivity contribution is 7.47. The molecule has 0 aliphatic heterocycles. The Balaban J connectivity index is 5.26. The van der Waals surface area contributed by atoms with Gasteiger partial charge in [0.15, 0.2) is 12.2 Å². The number of hydrogen-bond acceptors (Lipinski definition) is 15. The molecule has 0 aliphatic carbocycles. The van der Waals surface area contributed by atoms with E-state index in [0.29, 0.717) is 25.7 Å². The van der Waals surface area contributed by atoms with E-state index in [0.717, 1.165) is 102 Å². The van der Waals surface area contributed by atoms with E-state index in [4.69, 9.17) is 37.0 Å². The molecule has 17 nitrogen and oxygen atoms in total. The first kappa shape index (κ1) is 92.1. The predicted molar refractivity (Wildman–Crippen MR) is 381 cm³/mol. The van der Waals surface area contributed by atoms with Crippen LogP contribution in [0.15, 0.2) is 0 Å². The second kappa shape index (κ2) is 66.9. The molecule has 3 N–H and O–H groups in total. The van der Waals surface area contributed by atoms with Crippen LogP contribution in [-0.4, -0.2) is 96.7 Å². The minimum Gasteiger partial charge on any atom is -0.462 e. The Bertz CT molecular complexity index is 1820. The summed E-state index contributed by atoms with van der Waals surface area (Å²) >= 11 is 0. The quantitative estimate of drug-likeness (QED) is 0.0222. The van der Waals surface area contributed by atoms with Crippen molar-refractivity contribution < 1.29 is 80.2 Å². The van der Waals surface area contributed by atoms with Gasteiger partial charge in [0.2, 0.25) is 0 Å². The summed E-state index contributed by atoms with van der Waals surface area (Å²) < 4.78 is 68.5. The molecule has 0 saturated carbocycles. The Kier molecular flexibility index (Phi) is 65.5. The van der Waals surface area contributed by atoms with Crippen molar-refractivity contribution in [3.63, 3.8) is 0 Å². The van der Waals surface area contributed by atoms with Gasteiger partial charge in [-0.25, -0.2) is 9.13 Å². The van der Waals surface area contributed by atoms with Crippen molar-refractivity contribution in [2.24, 2.45) is 11.8 Å². The number of phosphoric acid groups is 2. The molecule has 0 aromatic heterocycles. The Hall–Kier alpha value is -1.94. The molecular weight excluding hydrogens is 1230 g/mol. The second-order valence-corrected chi connectivity index (χ2v) is 30.7. The maximum Gasteiger partial charge on any atom is 0.472 e. The summed E-state index contributed by atoms with van der Waals surface area (Å²) in [7, 11) is -9.91. The van der Waals surface area contributed by atoms with Crippen LogP contribution in [0.2, 0.25) is 0 Å². The fraction of sp³-hybridized carbons (Fsp3) is 0.947. The molecule has 0 spiro atoms. The summed E-state index contributed by atoms with van der Waals surface area (Å²) in [4.78, 5) is 72.8. The molecule has 0 bridgehead atoms. The van der Waals surface area contributed by atoms with Gasteiger partial charge in [-0.1, -0.05) is 337 Å². The highest BCUT2D eigenvalue weighted by Gasteiger charge is 2.30. The van der Waals surface area contributed by atoms with Gasteiger partial charge in [-0.2, -0.15) is 0 Å². The number of ether oxygens (including phenoxy) is 4. The molecular formula is C75H146O17P2. The number of hydrogen-bond donors (Lipinski definition) is 3. The Morgan fingerprint density at radius 2 is 0.543 bits per heavy atom. The molecule has 558 valence electrons. The molecule has 94 heavy (non-hydrogen) atoms. The monoisotopic (exact) mass is 1380 g/mol. The van der Waals surface area contributed by atoms with Crippen LogP contribution in [0.4, 0.5) is 0 Å². The average Bonchev–Trinajstić information content (AvgIpc) is 1.95. The normalized spacial score (nSPS) is 14.3. The first-order valence-corrected chi connectivity index (χ1v) is 42.0. The molecule has 0 fully saturated rings. The average molecular weight is 1380 g/mol. The van der Waals surface area contributed by atoms with Crippen molar-refractivity contribution in [3.8, 4) is 0 Å². The third kappa shape index (κ3) is 67.3. The number of aliphatic hydroxyl groups is 1. The lowest BCUT2D eigenvalue weighted by Crippen LogP contribution is -2.30. The highest BCUT2D eigenvalue weighted by atomic mass is 31.2. The fourth-order valence-corrected chi connectivity index (χ4v) is 13.0. The molecule has 0 aliphatic rings. The van der Waals surface area contributed by atoms with E-state index in [2.05, 4.69) is 41.5 Å². The minimum atomic E-state index is -4.96. The largest absolute Gasteiger partial charge is 0.472 e. The van der Waals surface area contributed by atoms with E-state index in [1.54, 1.807) is 0 Å². The number of phosphoric ester groups is 2. The molecule has 0 saturated heterocycles. The number of carbonyl (C=O) groups excluding carboxylic acids is 4. The third-order valence-electron chi connectivity index (χ3n) is 17.8. The highest BCUT2D eigenvalue weighted by Crippen LogP contribution is 2.45. The van der Waals surface area contributed by atoms with Crippen molar-refractivity contribution in [1.82, 2.24) is 0 Å². The van der Waals surface area contributed by atoms with Crippen molar-refractivity contribution in [1.29, 1.82) is 0 Å². The van der Waals surface area contributed by atoms with Gasteiger partial charge < -0.3 is 33.8 Å². The van der Waals surface area contributed by atoms with E-state index in [-0.39, 0.29) is 25.7 Å². The summed E-state index contributed by atoms with van der Waals surface area (Å²) in [5.41, 5.74) is 0. The fourth-order valence-electron chi connectivity index (χ4n) is 11.4. The maximum atomic E-state index is 13.1. The molecule has 0 radical (unpaired) electrons. The van der Waals surface area contributed by atoms with Crippen LogP contribution in [0.1, 0.15) is 388 Å². The first-order valence-electron chi connectivity index (χ1n) is 39.0. The van der Waals surface area contributed by atoms with Gasteiger partial charge in [0, 0.05) is 25.7 Å². The van der Waals surface area contributed by atoms with E-state index in [1.165, 1.54) is 205 Å². The Morgan fingerprint density at radius 1 is 0.309 bits per heavy atom. The molecule has 19 heteroatoms. The van der Waals surface area contributed by atoms with Gasteiger partial charge in [-0.3, -0.25) is 37.3 Å². The van der Waals surface area contributed by atoms with Crippen molar-refractivity contribution in [2.45, 2.75) is 407 Å². The molecule has 0 aromatic rings. The second-order valence-electron chi connectivity index (χ2n) is 27.8. The molecule has 0 aromatic carbocycles. The topological polar surface area (TPSA) is 237 Å². The van der Waals surface area contributed by atoms with Crippen LogP contribution in [0.5, 0.6) is 0 Å². The zero-order chi connectivity index (χ0) is 69.3. The lowest BCUT2D eigenvalue weighted by Gasteiger charge is -2.21. The van der Waals surface area contributed by atoms with E-state index in [1.807, 2.05) is 0 Å². The van der Waals surface area contributed by atoms with E-state index in [9.17, 15) is 43.2 Å². The molecule has 0 heterocycles. The lowest BCUT2D eigenvalue weighted by atomic mass is 9.99. The standard InChI is InChI=1S/C75H146O17P2/c1-7-10-12-14-16-18-20-22-24-25-27-29-33-41-47-53-59-74(79)91-70(63-85-72(77)57-51-45-39-32-28-26-23-21-19-17-15-13-11-8-2)65-89-93(81,82)87-61-69(76)62-88-94(83,84)90-66-71(92-75(80)60-54-48-42-34-30-31-37-43-49-55-67(4)5)64-86-73(78)58-52-46-40-36-35-38-44-50-56-68(6)9-3/h67-71,76H,7-66H2,1-6H3,(H,81,82)(H,83,84)/t68?,69-,70-,71-/m1/s1. The van der Waals surface area contributed by atoms with Crippen LogP contribution in [0.3, 0.4) is 0 Å². The van der Waals surface area contributed by atoms with Crippen LogP contribution in [0, 0.1) is 11.8 Å². The smallest absolute Gasteiger partial charge is 0.462 e. The van der Waals surface area contributed by atoms with Gasteiger partial charge in [0.25, 0.3) is 0 Å². The van der Waals surface area contributed by atoms with Gasteiger partial charge >= 0.3 is 39.5 Å². The van der Waals surface area contributed by atoms with Crippen molar-refractivity contribution in [2.75, 3.05) is 39.6 Å². The van der Waals surface area contributed by atoms with Gasteiger partial charge in [0.05, 0.1) is 26.4 Å². The predicted octanol–water partition coefficient (Wildman–Crippen LogP) is 21.9. The number of rotatable bonds is 74. The van der Waals surface area contributed by atoms with Crippen molar-refractivity contribution >= 4 is 39.5 Å². The molecule has 6 atom stereocenters. The number of esters is 4. The van der Waals surface area contributed by atoms with E-state index >= 15 is 0 Å². The molecule has 0 amide bonds. The molecule has 3 unspecified atom stereocenters. The number of aliphatic hydroxyl groups excluding tert-OH is 1. The van der Waals surface area contributed by atoms with Crippen LogP contribution < -0.4 is 0 Å². The summed E-state index contributed by atoms with van der Waals surface area (Å²) in [5.74, 6) is -0.602. The maximum absolute atomic E-state index is 13.1. The van der Waals surface area contributed by atoms with Gasteiger partial charge in [0.1, 0.15) is 19.3 Å². The summed E-state index contributed by atoms with van der Waals surface area (Å²) in [6, 6.07) is 0. The van der Waals surface area contributed by atoms with Gasteiger partial charge in [-0.15, -0.1) is 0 Å². The Labute approximate surface area is 575 Å². The van der Waals surface area contributed by atoms with Gasteiger partial charge in [-0.05, 0) is 37.5 Å². The minimum absolute atomic E-state index is 0.105.